The van der Waals surface area contributed by atoms with E-state index in [1.807, 2.05) is 0 Å². The van der Waals surface area contributed by atoms with Crippen molar-refractivity contribution >= 4 is 0 Å². The number of piperazine rings is 1. The summed E-state index contributed by atoms with van der Waals surface area (Å²) in [5.74, 6) is 0.629. The largest absolute Gasteiger partial charge is 0.381 e. The van der Waals surface area contributed by atoms with E-state index in [-0.39, 0.29) is 0 Å². The van der Waals surface area contributed by atoms with Crippen LogP contribution < -0.4 is 0 Å². The van der Waals surface area contributed by atoms with Gasteiger partial charge in [-0.05, 0) is 71.9 Å². The van der Waals surface area contributed by atoms with E-state index in [9.17, 15) is 0 Å². The van der Waals surface area contributed by atoms with Crippen LogP contribution in [-0.2, 0) is 24.1 Å². The van der Waals surface area contributed by atoms with E-state index in [1.54, 1.807) is 0 Å². The van der Waals surface area contributed by atoms with Gasteiger partial charge in [-0.1, -0.05) is 68.1 Å². The molecule has 1 atom stereocenters. The molecule has 0 aromatic heterocycles. The molecular weight excluding hydrogens is 416 g/mol. The molecule has 2 aromatic rings. The van der Waals surface area contributed by atoms with Crippen LogP contribution in [0.25, 0.3) is 0 Å². The molecular formula is C31H38N2O. The molecule has 5 rings (SSSR count). The number of nitrogens with zero attached hydrogens (tertiary/aromatic N) is 2. The lowest BCUT2D eigenvalue weighted by Crippen LogP contribution is -2.54. The molecule has 0 amide bonds. The summed E-state index contributed by atoms with van der Waals surface area (Å²) >= 11 is 0. The molecule has 3 nitrogen and oxygen atoms in total. The number of aryl methyl sites for hydroxylation is 2. The molecule has 3 heteroatoms. The first-order valence-electron chi connectivity index (χ1n) is 13.0. The van der Waals surface area contributed by atoms with Crippen LogP contribution in [0.4, 0.5) is 0 Å². The van der Waals surface area contributed by atoms with E-state index >= 15 is 0 Å². The predicted octanol–water partition coefficient (Wildman–Crippen LogP) is 6.13. The maximum Gasteiger partial charge on any atom is 0.0534 e. The highest BCUT2D eigenvalue weighted by Gasteiger charge is 2.38. The molecule has 0 aliphatic carbocycles. The molecule has 0 spiro atoms. The van der Waals surface area contributed by atoms with E-state index in [1.165, 1.54) is 33.5 Å². The van der Waals surface area contributed by atoms with Crippen LogP contribution in [0.15, 0.2) is 90.3 Å². The Hall–Kier alpha value is -2.62. The first kappa shape index (κ1) is 23.1. The number of rotatable bonds is 7. The monoisotopic (exact) mass is 454 g/mol. The highest BCUT2D eigenvalue weighted by molar-refractivity contribution is 5.45. The van der Waals surface area contributed by atoms with Crippen molar-refractivity contribution < 1.29 is 4.74 Å². The van der Waals surface area contributed by atoms with Gasteiger partial charge in [-0.15, -0.1) is 0 Å². The van der Waals surface area contributed by atoms with Gasteiger partial charge in [0.05, 0.1) is 6.04 Å². The van der Waals surface area contributed by atoms with E-state index in [0.29, 0.717) is 12.0 Å². The summed E-state index contributed by atoms with van der Waals surface area (Å²) in [5.41, 5.74) is 8.23. The van der Waals surface area contributed by atoms with Gasteiger partial charge in [-0.3, -0.25) is 4.90 Å². The maximum absolute atomic E-state index is 5.74. The number of ether oxygens (including phenoxy) is 1. The molecule has 3 aliphatic rings. The summed E-state index contributed by atoms with van der Waals surface area (Å²) in [7, 11) is 0. The van der Waals surface area contributed by atoms with Gasteiger partial charge in [0.15, 0.2) is 0 Å². The van der Waals surface area contributed by atoms with Crippen molar-refractivity contribution in [2.45, 2.75) is 51.6 Å². The topological polar surface area (TPSA) is 15.7 Å². The van der Waals surface area contributed by atoms with Gasteiger partial charge in [0.2, 0.25) is 0 Å². The van der Waals surface area contributed by atoms with Gasteiger partial charge in [0.25, 0.3) is 0 Å². The number of hydrogen-bond donors (Lipinski definition) is 0. The third kappa shape index (κ3) is 5.21. The zero-order chi connectivity index (χ0) is 23.3. The minimum absolute atomic E-state index is 0.423. The van der Waals surface area contributed by atoms with E-state index < -0.39 is 0 Å². The SMILES string of the molecule is C=C1C=C2C(C3CCOCC3)N(Cc3ccc(CC)cc3)CCN2C=C1CCc1ccccc1. The Balaban J connectivity index is 1.35. The van der Waals surface area contributed by atoms with Crippen LogP contribution in [0.2, 0.25) is 0 Å². The lowest BCUT2D eigenvalue weighted by Gasteiger charge is -2.49. The van der Waals surface area contributed by atoms with Gasteiger partial charge in [-0.2, -0.15) is 0 Å². The lowest BCUT2D eigenvalue weighted by atomic mass is 9.84. The zero-order valence-corrected chi connectivity index (χ0v) is 20.6. The van der Waals surface area contributed by atoms with Crippen molar-refractivity contribution in [2.75, 3.05) is 26.3 Å². The number of allylic oxidation sites excluding steroid dienone is 3. The van der Waals surface area contributed by atoms with E-state index in [0.717, 1.165) is 65.0 Å². The number of fused-ring (bicyclic) bond motifs is 1. The smallest absolute Gasteiger partial charge is 0.0534 e. The Morgan fingerprint density at radius 1 is 0.882 bits per heavy atom. The molecule has 1 unspecified atom stereocenters. The van der Waals surface area contributed by atoms with Crippen molar-refractivity contribution in [3.63, 3.8) is 0 Å². The quantitative estimate of drug-likeness (QED) is 0.500. The van der Waals surface area contributed by atoms with Crippen LogP contribution in [0.5, 0.6) is 0 Å². The molecule has 0 radical (unpaired) electrons. The Labute approximate surface area is 205 Å². The Kier molecular flexibility index (Phi) is 7.32. The Bertz CT molecular complexity index is 1030. The first-order chi connectivity index (χ1) is 16.7. The second-order valence-electron chi connectivity index (χ2n) is 9.96. The van der Waals surface area contributed by atoms with Gasteiger partial charge < -0.3 is 9.64 Å². The Morgan fingerprint density at radius 3 is 2.35 bits per heavy atom. The fourth-order valence-electron chi connectivity index (χ4n) is 5.72. The van der Waals surface area contributed by atoms with Crippen LogP contribution in [0.3, 0.4) is 0 Å². The first-order valence-corrected chi connectivity index (χ1v) is 13.0. The van der Waals surface area contributed by atoms with Crippen molar-refractivity contribution in [3.05, 3.63) is 107 Å². The van der Waals surface area contributed by atoms with E-state index in [4.69, 9.17) is 4.74 Å². The molecule has 2 aromatic carbocycles. The number of hydrogen-bond acceptors (Lipinski definition) is 3. The van der Waals surface area contributed by atoms with Crippen LogP contribution in [-0.4, -0.2) is 42.1 Å². The minimum atomic E-state index is 0.423. The second kappa shape index (κ2) is 10.8. The standard InChI is InChI=1S/C31H38N2O/c1-3-25-9-11-27(12-10-25)22-33-18-17-32-23-29(14-13-26-7-5-4-6-8-26)24(2)21-30(32)31(33)28-15-19-34-20-16-28/h4-12,21,23,28,31H,2-3,13-20,22H2,1H3. The lowest BCUT2D eigenvalue weighted by molar-refractivity contribution is 0.0148. The van der Waals surface area contributed by atoms with Crippen molar-refractivity contribution in [2.24, 2.45) is 5.92 Å². The molecule has 0 N–H and O–H groups in total. The average Bonchev–Trinajstić information content (AvgIpc) is 2.89. The predicted molar refractivity (Wildman–Crippen MR) is 140 cm³/mol. The molecule has 34 heavy (non-hydrogen) atoms. The maximum atomic E-state index is 5.74. The van der Waals surface area contributed by atoms with E-state index in [2.05, 4.69) is 90.2 Å². The van der Waals surface area contributed by atoms with Gasteiger partial charge in [0.1, 0.15) is 0 Å². The van der Waals surface area contributed by atoms with Crippen molar-refractivity contribution in [1.29, 1.82) is 0 Å². The normalized spacial score (nSPS) is 21.7. The van der Waals surface area contributed by atoms with Crippen LogP contribution >= 0.6 is 0 Å². The third-order valence-electron chi connectivity index (χ3n) is 7.76. The highest BCUT2D eigenvalue weighted by atomic mass is 16.5. The van der Waals surface area contributed by atoms with Crippen molar-refractivity contribution in [1.82, 2.24) is 9.80 Å². The van der Waals surface area contributed by atoms with Gasteiger partial charge >= 0.3 is 0 Å². The fraction of sp³-hybridized carbons (Fsp3) is 0.419. The summed E-state index contributed by atoms with van der Waals surface area (Å²) < 4.78 is 5.74. The second-order valence-corrected chi connectivity index (χ2v) is 9.96. The van der Waals surface area contributed by atoms with Crippen LogP contribution in [0, 0.1) is 5.92 Å². The third-order valence-corrected chi connectivity index (χ3v) is 7.76. The minimum Gasteiger partial charge on any atom is -0.381 e. The highest BCUT2D eigenvalue weighted by Crippen LogP contribution is 2.37. The average molecular weight is 455 g/mol. The summed E-state index contributed by atoms with van der Waals surface area (Å²) in [6, 6.07) is 20.4. The van der Waals surface area contributed by atoms with Gasteiger partial charge in [0, 0.05) is 44.7 Å². The zero-order valence-electron chi connectivity index (χ0n) is 20.6. The molecule has 178 valence electrons. The molecule has 2 saturated heterocycles. The molecule has 0 saturated carbocycles. The fourth-order valence-corrected chi connectivity index (χ4v) is 5.72. The summed E-state index contributed by atoms with van der Waals surface area (Å²) in [6.45, 7) is 11.6. The molecule has 2 fully saturated rings. The summed E-state index contributed by atoms with van der Waals surface area (Å²) in [6.07, 6.45) is 10.3. The number of benzene rings is 2. The van der Waals surface area contributed by atoms with Crippen LogP contribution in [0.1, 0.15) is 42.9 Å². The molecule has 3 heterocycles. The molecule has 3 aliphatic heterocycles. The Morgan fingerprint density at radius 2 is 1.62 bits per heavy atom. The van der Waals surface area contributed by atoms with Crippen molar-refractivity contribution in [3.8, 4) is 0 Å². The van der Waals surface area contributed by atoms with Gasteiger partial charge in [-0.25, -0.2) is 0 Å². The summed E-state index contributed by atoms with van der Waals surface area (Å²) in [4.78, 5) is 5.25. The molecule has 0 bridgehead atoms. The summed E-state index contributed by atoms with van der Waals surface area (Å²) in [5, 5.41) is 0.